The van der Waals surface area contributed by atoms with Gasteiger partial charge in [0.05, 0.1) is 16.9 Å². The highest BCUT2D eigenvalue weighted by Gasteiger charge is 2.36. The van der Waals surface area contributed by atoms with Gasteiger partial charge in [-0.05, 0) is 62.0 Å². The normalized spacial score (nSPS) is 16.3. The molecule has 11 heteroatoms. The topological polar surface area (TPSA) is 75.8 Å². The van der Waals surface area contributed by atoms with Crippen LogP contribution in [0, 0.1) is 6.92 Å². The first-order chi connectivity index (χ1) is 18.2. The van der Waals surface area contributed by atoms with Crippen molar-refractivity contribution in [2.24, 2.45) is 0 Å². The van der Waals surface area contributed by atoms with Crippen molar-refractivity contribution in [1.29, 1.82) is 0 Å². The summed E-state index contributed by atoms with van der Waals surface area (Å²) < 4.78 is 41.9. The van der Waals surface area contributed by atoms with Crippen LogP contribution in [0.5, 0.6) is 0 Å². The van der Waals surface area contributed by atoms with Crippen molar-refractivity contribution < 1.29 is 18.0 Å². The molecule has 3 N–H and O–H groups in total. The van der Waals surface area contributed by atoms with Crippen molar-refractivity contribution in [1.82, 2.24) is 20.8 Å². The first-order valence-electron chi connectivity index (χ1n) is 12.2. The van der Waals surface area contributed by atoms with Gasteiger partial charge in [-0.25, -0.2) is 0 Å². The van der Waals surface area contributed by atoms with Crippen LogP contribution in [0.2, 0.25) is 0 Å². The van der Waals surface area contributed by atoms with Crippen LogP contribution >= 0.6 is 0 Å². The molecule has 198 valence electrons. The van der Waals surface area contributed by atoms with E-state index in [4.69, 9.17) is 0 Å². The van der Waals surface area contributed by atoms with Gasteiger partial charge in [-0.2, -0.15) is 13.2 Å². The number of nitrogens with one attached hydrogen (secondary N) is 3. The number of carbonyl (C=O) groups is 1. The number of likely N-dealkylation sites (N-methyl/N-ethyl adjacent to an activating group) is 1. The van der Waals surface area contributed by atoms with Crippen molar-refractivity contribution in [2.75, 3.05) is 48.5 Å². The van der Waals surface area contributed by atoms with E-state index in [2.05, 4.69) is 26.2 Å². The maximum Gasteiger partial charge on any atom is 0.418 e. The monoisotopic (exact) mass is 523 g/mol. The summed E-state index contributed by atoms with van der Waals surface area (Å²) in [7, 11) is 1.95. The number of hydrazine groups is 2. The number of anilines is 3. The van der Waals surface area contributed by atoms with Gasteiger partial charge in [0.25, 0.3) is 5.91 Å². The van der Waals surface area contributed by atoms with E-state index in [-0.39, 0.29) is 11.4 Å². The molecular formula is C27H28F3N7O. The molecule has 2 aliphatic rings. The Labute approximate surface area is 218 Å². The van der Waals surface area contributed by atoms with Gasteiger partial charge < -0.3 is 20.5 Å². The number of alkyl halides is 3. The molecule has 3 heterocycles. The van der Waals surface area contributed by atoms with Gasteiger partial charge in [-0.15, -0.1) is 5.53 Å². The fourth-order valence-electron chi connectivity index (χ4n) is 4.49. The molecule has 0 spiro atoms. The number of carbonyl (C=O) groups excluding carboxylic acids is 1. The summed E-state index contributed by atoms with van der Waals surface area (Å²) in [5.41, 5.74) is 9.18. The Morgan fingerprint density at radius 3 is 2.53 bits per heavy atom. The largest absolute Gasteiger partial charge is 0.418 e. The van der Waals surface area contributed by atoms with Crippen molar-refractivity contribution >= 4 is 28.7 Å². The Balaban J connectivity index is 1.36. The van der Waals surface area contributed by atoms with Crippen LogP contribution in [-0.4, -0.2) is 49.0 Å². The zero-order valence-electron chi connectivity index (χ0n) is 21.0. The molecule has 3 aromatic rings. The highest BCUT2D eigenvalue weighted by Crippen LogP contribution is 2.39. The van der Waals surface area contributed by atoms with Gasteiger partial charge in [-0.1, -0.05) is 6.07 Å². The second kappa shape index (κ2) is 10.3. The molecule has 2 aromatic carbocycles. The molecule has 0 aliphatic carbocycles. The maximum absolute atomic E-state index is 14.0. The minimum Gasteiger partial charge on any atom is -0.368 e. The van der Waals surface area contributed by atoms with Gasteiger partial charge in [0.2, 0.25) is 0 Å². The summed E-state index contributed by atoms with van der Waals surface area (Å²) in [6.45, 7) is 4.29. The van der Waals surface area contributed by atoms with Gasteiger partial charge >= 0.3 is 6.18 Å². The second-order valence-corrected chi connectivity index (χ2v) is 9.37. The van der Waals surface area contributed by atoms with Crippen LogP contribution in [-0.2, 0) is 6.18 Å². The molecule has 0 radical (unpaired) electrons. The number of benzene rings is 2. The van der Waals surface area contributed by atoms with E-state index in [0.29, 0.717) is 37.4 Å². The molecule has 8 nitrogen and oxygen atoms in total. The lowest BCUT2D eigenvalue weighted by Crippen LogP contribution is -2.45. The standard InChI is InChI=1S/C27H28F3N7O/c1-18-5-6-19(14-25(18)37-17-23(33-34-37)20-4-3-9-31-16-20)26(38)32-21-7-8-24(22(15-21)27(28,29)30)36-12-10-35(2)11-13-36/h3-9,14-17,33-34H,10-13H2,1-2H3,(H,32,38). The van der Waals surface area contributed by atoms with Crippen molar-refractivity contribution in [2.45, 2.75) is 13.1 Å². The van der Waals surface area contributed by atoms with Crippen molar-refractivity contribution in [3.05, 3.63) is 89.4 Å². The van der Waals surface area contributed by atoms with Gasteiger partial charge in [0, 0.05) is 67.3 Å². The zero-order valence-corrected chi connectivity index (χ0v) is 21.0. The molecule has 1 aromatic heterocycles. The molecule has 0 atom stereocenters. The number of hydrogen-bond donors (Lipinski definition) is 3. The van der Waals surface area contributed by atoms with E-state index < -0.39 is 17.6 Å². The van der Waals surface area contributed by atoms with Crippen LogP contribution in [0.15, 0.2) is 67.1 Å². The predicted molar refractivity (Wildman–Crippen MR) is 141 cm³/mol. The van der Waals surface area contributed by atoms with E-state index in [1.165, 1.54) is 12.1 Å². The minimum atomic E-state index is -4.55. The third-order valence-corrected chi connectivity index (χ3v) is 6.68. The van der Waals surface area contributed by atoms with Crippen LogP contribution in [0.25, 0.3) is 5.70 Å². The Morgan fingerprint density at radius 1 is 1.03 bits per heavy atom. The number of hydrogen-bond acceptors (Lipinski definition) is 7. The Hall–Kier alpha value is -4.09. The molecule has 0 unspecified atom stereocenters. The van der Waals surface area contributed by atoms with Gasteiger partial charge in [0.15, 0.2) is 0 Å². The summed E-state index contributed by atoms with van der Waals surface area (Å²) in [5, 5.41) is 4.37. The minimum absolute atomic E-state index is 0.0852. The van der Waals surface area contributed by atoms with E-state index in [1.54, 1.807) is 40.5 Å². The third-order valence-electron chi connectivity index (χ3n) is 6.68. The molecule has 2 aliphatic heterocycles. The van der Waals surface area contributed by atoms with Crippen molar-refractivity contribution in [3.63, 3.8) is 0 Å². The highest BCUT2D eigenvalue weighted by atomic mass is 19.4. The molecule has 1 amide bonds. The highest BCUT2D eigenvalue weighted by molar-refractivity contribution is 6.05. The lowest BCUT2D eigenvalue weighted by Gasteiger charge is -2.35. The Bertz CT molecular complexity index is 1350. The van der Waals surface area contributed by atoms with Crippen LogP contribution in [0.1, 0.15) is 27.0 Å². The average Bonchev–Trinajstić information content (AvgIpc) is 3.40. The molecule has 0 bridgehead atoms. The molecule has 0 saturated carbocycles. The number of pyridine rings is 1. The van der Waals surface area contributed by atoms with Crippen LogP contribution < -0.4 is 26.2 Å². The predicted octanol–water partition coefficient (Wildman–Crippen LogP) is 4.24. The Kier molecular flexibility index (Phi) is 6.96. The summed E-state index contributed by atoms with van der Waals surface area (Å²) in [5.74, 6) is -0.504. The first kappa shape index (κ1) is 25.6. The van der Waals surface area contributed by atoms with E-state index in [1.807, 2.05) is 32.3 Å². The molecule has 1 fully saturated rings. The molecule has 5 rings (SSSR count). The number of amides is 1. The van der Waals surface area contributed by atoms with Crippen molar-refractivity contribution in [3.8, 4) is 0 Å². The summed E-state index contributed by atoms with van der Waals surface area (Å²) in [6.07, 6.45) is 0.704. The van der Waals surface area contributed by atoms with E-state index in [9.17, 15) is 18.0 Å². The maximum atomic E-state index is 14.0. The summed E-state index contributed by atoms with van der Waals surface area (Å²) in [6, 6.07) is 12.8. The van der Waals surface area contributed by atoms with E-state index >= 15 is 0 Å². The van der Waals surface area contributed by atoms with Crippen LogP contribution in [0.4, 0.5) is 30.2 Å². The lowest BCUT2D eigenvalue weighted by atomic mass is 10.1. The number of nitrogens with zero attached hydrogens (tertiary/aromatic N) is 4. The fraction of sp³-hybridized carbons (Fsp3) is 0.259. The average molecular weight is 524 g/mol. The smallest absolute Gasteiger partial charge is 0.368 e. The fourth-order valence-corrected chi connectivity index (χ4v) is 4.49. The SMILES string of the molecule is Cc1ccc(C(=O)Nc2ccc(N3CCN(C)CC3)c(C(F)(F)F)c2)cc1N1C=C(c2cccnc2)NN1. The number of aromatic nitrogens is 1. The third kappa shape index (κ3) is 5.43. The van der Waals surface area contributed by atoms with Crippen LogP contribution in [0.3, 0.4) is 0 Å². The van der Waals surface area contributed by atoms with Gasteiger partial charge in [-0.3, -0.25) is 14.8 Å². The number of rotatable bonds is 5. The summed E-state index contributed by atoms with van der Waals surface area (Å²) in [4.78, 5) is 21.0. The second-order valence-electron chi connectivity index (χ2n) is 9.37. The quantitative estimate of drug-likeness (QED) is 0.462. The molecular weight excluding hydrogens is 495 g/mol. The first-order valence-corrected chi connectivity index (χ1v) is 12.2. The van der Waals surface area contributed by atoms with Gasteiger partial charge in [0.1, 0.15) is 0 Å². The zero-order chi connectivity index (χ0) is 26.9. The lowest BCUT2D eigenvalue weighted by molar-refractivity contribution is -0.137. The Morgan fingerprint density at radius 2 is 1.82 bits per heavy atom. The molecule has 38 heavy (non-hydrogen) atoms. The van der Waals surface area contributed by atoms with E-state index in [0.717, 1.165) is 22.9 Å². The molecule has 1 saturated heterocycles. The summed E-state index contributed by atoms with van der Waals surface area (Å²) >= 11 is 0. The number of piperazine rings is 1. The number of aryl methyl sites for hydroxylation is 1. The number of halogens is 3.